The lowest BCUT2D eigenvalue weighted by Gasteiger charge is -2.19. The number of nitrogens with one attached hydrogen (secondary N) is 2. The van der Waals surface area contributed by atoms with Crippen molar-refractivity contribution in [1.82, 2.24) is 15.6 Å². The SMILES string of the molecule is CSCCC(NC(=O)COc1ccccc1)C(=O)NCc1ccc(N2CCCC2)nc1. The first-order chi connectivity index (χ1) is 15.2. The molecule has 166 valence electrons. The van der Waals surface area contributed by atoms with Crippen LogP contribution in [0.15, 0.2) is 48.7 Å². The van der Waals surface area contributed by atoms with Crippen LogP contribution in [-0.2, 0) is 16.1 Å². The number of benzene rings is 1. The summed E-state index contributed by atoms with van der Waals surface area (Å²) in [6, 6.07) is 12.5. The van der Waals surface area contributed by atoms with Crippen LogP contribution in [-0.4, -0.2) is 54.5 Å². The Bertz CT molecular complexity index is 826. The zero-order chi connectivity index (χ0) is 21.9. The molecule has 0 bridgehead atoms. The maximum absolute atomic E-state index is 12.7. The molecule has 0 radical (unpaired) electrons. The third-order valence-electron chi connectivity index (χ3n) is 5.08. The first-order valence-corrected chi connectivity index (χ1v) is 12.0. The maximum Gasteiger partial charge on any atom is 0.258 e. The number of thioether (sulfide) groups is 1. The minimum Gasteiger partial charge on any atom is -0.484 e. The van der Waals surface area contributed by atoms with Crippen LogP contribution in [0.3, 0.4) is 0 Å². The van der Waals surface area contributed by atoms with Gasteiger partial charge in [-0.1, -0.05) is 24.3 Å². The van der Waals surface area contributed by atoms with Crippen LogP contribution in [0, 0.1) is 0 Å². The molecule has 7 nitrogen and oxygen atoms in total. The average molecular weight is 443 g/mol. The molecule has 2 N–H and O–H groups in total. The molecule has 0 aliphatic carbocycles. The summed E-state index contributed by atoms with van der Waals surface area (Å²) in [7, 11) is 0. The highest BCUT2D eigenvalue weighted by Gasteiger charge is 2.20. The Labute approximate surface area is 188 Å². The van der Waals surface area contributed by atoms with Crippen molar-refractivity contribution in [1.29, 1.82) is 0 Å². The van der Waals surface area contributed by atoms with Gasteiger partial charge in [-0.2, -0.15) is 11.8 Å². The molecule has 1 aliphatic rings. The van der Waals surface area contributed by atoms with E-state index < -0.39 is 6.04 Å². The van der Waals surface area contributed by atoms with Gasteiger partial charge in [0.15, 0.2) is 6.61 Å². The second-order valence-corrected chi connectivity index (χ2v) is 8.43. The summed E-state index contributed by atoms with van der Waals surface area (Å²) in [6.45, 7) is 2.34. The molecule has 31 heavy (non-hydrogen) atoms. The topological polar surface area (TPSA) is 83.6 Å². The summed E-state index contributed by atoms with van der Waals surface area (Å²) in [4.78, 5) is 31.8. The normalized spacial score (nSPS) is 14.2. The fraction of sp³-hybridized carbons (Fsp3) is 0.435. The zero-order valence-electron chi connectivity index (χ0n) is 17.9. The highest BCUT2D eigenvalue weighted by atomic mass is 32.2. The number of amides is 2. The van der Waals surface area contributed by atoms with Crippen molar-refractivity contribution in [3.63, 3.8) is 0 Å². The summed E-state index contributed by atoms with van der Waals surface area (Å²) in [5, 5.41) is 5.71. The third-order valence-corrected chi connectivity index (χ3v) is 5.73. The van der Waals surface area contributed by atoms with Gasteiger partial charge in [0, 0.05) is 25.8 Å². The fourth-order valence-electron chi connectivity index (χ4n) is 3.37. The van der Waals surface area contributed by atoms with E-state index >= 15 is 0 Å². The van der Waals surface area contributed by atoms with Gasteiger partial charge in [-0.15, -0.1) is 0 Å². The summed E-state index contributed by atoms with van der Waals surface area (Å²) in [5.74, 6) is 1.85. The number of ether oxygens (including phenoxy) is 1. The second-order valence-electron chi connectivity index (χ2n) is 7.44. The van der Waals surface area contributed by atoms with Crippen molar-refractivity contribution >= 4 is 29.4 Å². The van der Waals surface area contributed by atoms with Crippen LogP contribution < -0.4 is 20.3 Å². The van der Waals surface area contributed by atoms with Crippen molar-refractivity contribution in [2.45, 2.75) is 31.8 Å². The molecule has 8 heteroatoms. The molecule has 0 spiro atoms. The van der Waals surface area contributed by atoms with Crippen molar-refractivity contribution < 1.29 is 14.3 Å². The number of pyridine rings is 1. The van der Waals surface area contributed by atoms with Gasteiger partial charge in [-0.05, 0) is 55.0 Å². The van der Waals surface area contributed by atoms with E-state index in [1.165, 1.54) is 12.8 Å². The van der Waals surface area contributed by atoms with Crippen LogP contribution >= 0.6 is 11.8 Å². The molecule has 2 amide bonds. The monoisotopic (exact) mass is 442 g/mol. The molecular weight excluding hydrogens is 412 g/mol. The highest BCUT2D eigenvalue weighted by Crippen LogP contribution is 2.17. The minimum absolute atomic E-state index is 0.130. The Hall–Kier alpha value is -2.74. The number of rotatable bonds is 11. The van der Waals surface area contributed by atoms with Crippen molar-refractivity contribution in [2.75, 3.05) is 36.6 Å². The third kappa shape index (κ3) is 7.47. The summed E-state index contributed by atoms with van der Waals surface area (Å²) >= 11 is 1.64. The van der Waals surface area contributed by atoms with Crippen molar-refractivity contribution in [3.05, 3.63) is 54.2 Å². The quantitative estimate of drug-likeness (QED) is 0.557. The van der Waals surface area contributed by atoms with Gasteiger partial charge in [0.05, 0.1) is 0 Å². The van der Waals surface area contributed by atoms with Crippen LogP contribution in [0.1, 0.15) is 24.8 Å². The number of para-hydroxylation sites is 1. The van der Waals surface area contributed by atoms with Gasteiger partial charge in [0.2, 0.25) is 5.91 Å². The number of carbonyl (C=O) groups is 2. The first-order valence-electron chi connectivity index (χ1n) is 10.6. The fourth-order valence-corrected chi connectivity index (χ4v) is 3.84. The Kier molecular flexibility index (Phi) is 9.02. The molecule has 1 unspecified atom stereocenters. The lowest BCUT2D eigenvalue weighted by molar-refractivity contribution is -0.130. The van der Waals surface area contributed by atoms with E-state index in [2.05, 4.69) is 20.5 Å². The van der Waals surface area contributed by atoms with Gasteiger partial charge in [-0.3, -0.25) is 9.59 Å². The number of hydrogen-bond acceptors (Lipinski definition) is 6. The Morgan fingerprint density at radius 1 is 1.16 bits per heavy atom. The Morgan fingerprint density at radius 2 is 1.94 bits per heavy atom. The molecule has 1 aliphatic heterocycles. The molecule has 1 aromatic heterocycles. The predicted molar refractivity (Wildman–Crippen MR) is 124 cm³/mol. The van der Waals surface area contributed by atoms with Crippen LogP contribution in [0.2, 0.25) is 0 Å². The van der Waals surface area contributed by atoms with Crippen LogP contribution in [0.25, 0.3) is 0 Å². The van der Waals surface area contributed by atoms with Crippen molar-refractivity contribution in [3.8, 4) is 5.75 Å². The second kappa shape index (κ2) is 12.2. The van der Waals surface area contributed by atoms with E-state index in [1.807, 2.05) is 36.6 Å². The van der Waals surface area contributed by atoms with E-state index in [0.29, 0.717) is 18.7 Å². The maximum atomic E-state index is 12.7. The number of hydrogen-bond donors (Lipinski definition) is 2. The molecule has 2 heterocycles. The van der Waals surface area contributed by atoms with Gasteiger partial charge in [0.1, 0.15) is 17.6 Å². The smallest absolute Gasteiger partial charge is 0.258 e. The van der Waals surface area contributed by atoms with E-state index in [1.54, 1.807) is 30.1 Å². The van der Waals surface area contributed by atoms with E-state index in [0.717, 1.165) is 30.2 Å². The van der Waals surface area contributed by atoms with Gasteiger partial charge < -0.3 is 20.3 Å². The summed E-state index contributed by atoms with van der Waals surface area (Å²) in [6.07, 6.45) is 6.74. The number of aromatic nitrogens is 1. The lowest BCUT2D eigenvalue weighted by atomic mass is 10.2. The van der Waals surface area contributed by atoms with E-state index in [9.17, 15) is 9.59 Å². The van der Waals surface area contributed by atoms with E-state index in [-0.39, 0.29) is 18.4 Å². The molecule has 1 atom stereocenters. The lowest BCUT2D eigenvalue weighted by Crippen LogP contribution is -2.48. The summed E-state index contributed by atoms with van der Waals surface area (Å²) in [5.41, 5.74) is 0.929. The van der Waals surface area contributed by atoms with Crippen molar-refractivity contribution in [2.24, 2.45) is 0 Å². The molecule has 1 aromatic carbocycles. The molecule has 0 saturated carbocycles. The van der Waals surface area contributed by atoms with Gasteiger partial charge in [0.25, 0.3) is 5.91 Å². The predicted octanol–water partition coefficient (Wildman–Crippen LogP) is 2.61. The van der Waals surface area contributed by atoms with E-state index in [4.69, 9.17) is 4.74 Å². The number of carbonyl (C=O) groups excluding carboxylic acids is 2. The first kappa shape index (κ1) is 22.9. The molecule has 2 aromatic rings. The Morgan fingerprint density at radius 3 is 2.61 bits per heavy atom. The van der Waals surface area contributed by atoms with Gasteiger partial charge >= 0.3 is 0 Å². The summed E-state index contributed by atoms with van der Waals surface area (Å²) < 4.78 is 5.47. The average Bonchev–Trinajstić information content (AvgIpc) is 3.35. The zero-order valence-corrected chi connectivity index (χ0v) is 18.7. The number of anilines is 1. The standard InChI is InChI=1S/C23H30N4O3S/c1-31-14-11-20(26-22(28)17-30-19-7-3-2-4-8-19)23(29)25-16-18-9-10-21(24-15-18)27-12-5-6-13-27/h2-4,7-10,15,20H,5-6,11-14,16-17H2,1H3,(H,25,29)(H,26,28). The molecule has 1 saturated heterocycles. The minimum atomic E-state index is -0.601. The largest absolute Gasteiger partial charge is 0.484 e. The van der Waals surface area contributed by atoms with Crippen LogP contribution in [0.4, 0.5) is 5.82 Å². The van der Waals surface area contributed by atoms with Gasteiger partial charge in [-0.25, -0.2) is 4.98 Å². The molecular formula is C23H30N4O3S. The molecule has 3 rings (SSSR count). The molecule has 1 fully saturated rings. The highest BCUT2D eigenvalue weighted by molar-refractivity contribution is 7.98. The van der Waals surface area contributed by atoms with Crippen LogP contribution in [0.5, 0.6) is 5.75 Å². The Balaban J connectivity index is 1.48. The number of nitrogens with zero attached hydrogens (tertiary/aromatic N) is 2.